The number of aliphatic hydroxyl groups excluding tert-OH is 1. The van der Waals surface area contributed by atoms with E-state index in [2.05, 4.69) is 24.7 Å². The summed E-state index contributed by atoms with van der Waals surface area (Å²) in [6.07, 6.45) is 4.65. The normalized spacial score (nSPS) is 19.4. The molecule has 9 heteroatoms. The molecule has 162 valence electrons. The van der Waals surface area contributed by atoms with Crippen LogP contribution in [0.4, 0.5) is 10.3 Å². The monoisotopic (exact) mass is 416 g/mol. The van der Waals surface area contributed by atoms with Gasteiger partial charge in [-0.3, -0.25) is 24.1 Å². The molecule has 2 aliphatic heterocycles. The first-order valence-electron chi connectivity index (χ1n) is 10.6. The summed E-state index contributed by atoms with van der Waals surface area (Å²) < 4.78 is 15.7. The Morgan fingerprint density at radius 1 is 1.17 bits per heavy atom. The van der Waals surface area contributed by atoms with Gasteiger partial charge >= 0.3 is 0 Å². The van der Waals surface area contributed by atoms with Crippen LogP contribution >= 0.6 is 0 Å². The summed E-state index contributed by atoms with van der Waals surface area (Å²) in [5, 5.41) is 9.11. The lowest BCUT2D eigenvalue weighted by atomic mass is 10.0. The number of aliphatic hydroxyl groups is 1. The minimum atomic E-state index is -0.483. The van der Waals surface area contributed by atoms with Gasteiger partial charge in [-0.15, -0.1) is 0 Å². The van der Waals surface area contributed by atoms with E-state index in [1.165, 1.54) is 16.8 Å². The van der Waals surface area contributed by atoms with E-state index in [1.807, 2.05) is 0 Å². The summed E-state index contributed by atoms with van der Waals surface area (Å²) in [5.74, 6) is 0.100. The maximum atomic E-state index is 14.2. The first-order chi connectivity index (χ1) is 14.6. The van der Waals surface area contributed by atoms with Crippen LogP contribution in [0.5, 0.6) is 0 Å². The number of aromatic nitrogens is 3. The Bertz CT molecular complexity index is 920. The number of halogens is 1. The highest BCUT2D eigenvalue weighted by molar-refractivity contribution is 5.60. The van der Waals surface area contributed by atoms with Crippen molar-refractivity contribution in [3.8, 4) is 11.3 Å². The second kappa shape index (κ2) is 9.20. The molecule has 2 saturated heterocycles. The van der Waals surface area contributed by atoms with Gasteiger partial charge in [0, 0.05) is 76.7 Å². The summed E-state index contributed by atoms with van der Waals surface area (Å²) in [5.41, 5.74) is 0.433. The maximum Gasteiger partial charge on any atom is 0.255 e. The zero-order valence-electron chi connectivity index (χ0n) is 17.4. The number of β-amino-alcohol motifs (C(OH)–C–C–N with tert-alkyl or cyclic N) is 1. The molecule has 0 radical (unpaired) electrons. The zero-order valence-corrected chi connectivity index (χ0v) is 17.4. The summed E-state index contributed by atoms with van der Waals surface area (Å²) in [7, 11) is 1.71. The van der Waals surface area contributed by atoms with Gasteiger partial charge in [0.2, 0.25) is 5.95 Å². The van der Waals surface area contributed by atoms with E-state index in [-0.39, 0.29) is 12.2 Å². The number of piperazine rings is 1. The predicted molar refractivity (Wildman–Crippen MR) is 113 cm³/mol. The van der Waals surface area contributed by atoms with E-state index in [0.29, 0.717) is 23.2 Å². The molecule has 30 heavy (non-hydrogen) atoms. The Labute approximate surface area is 175 Å². The van der Waals surface area contributed by atoms with Gasteiger partial charge in [0.05, 0.1) is 18.5 Å². The fraction of sp³-hybridized carbons (Fsp3) is 0.571. The molecule has 0 bridgehead atoms. The highest BCUT2D eigenvalue weighted by atomic mass is 19.1. The van der Waals surface area contributed by atoms with Gasteiger partial charge in [-0.1, -0.05) is 0 Å². The first kappa shape index (κ1) is 20.9. The molecule has 0 aliphatic carbocycles. The van der Waals surface area contributed by atoms with E-state index < -0.39 is 5.82 Å². The quantitative estimate of drug-likeness (QED) is 0.763. The fourth-order valence-corrected chi connectivity index (χ4v) is 4.46. The number of pyridine rings is 1. The van der Waals surface area contributed by atoms with Crippen LogP contribution in [0.1, 0.15) is 12.8 Å². The molecular weight excluding hydrogens is 387 g/mol. The van der Waals surface area contributed by atoms with Crippen molar-refractivity contribution in [2.24, 2.45) is 7.05 Å². The largest absolute Gasteiger partial charge is 0.395 e. The summed E-state index contributed by atoms with van der Waals surface area (Å²) in [4.78, 5) is 27.9. The van der Waals surface area contributed by atoms with E-state index >= 15 is 0 Å². The molecule has 0 atom stereocenters. The van der Waals surface area contributed by atoms with Gasteiger partial charge in [-0.05, 0) is 18.9 Å². The third kappa shape index (κ3) is 4.38. The lowest BCUT2D eigenvalue weighted by Crippen LogP contribution is -2.53. The Morgan fingerprint density at radius 3 is 2.57 bits per heavy atom. The molecule has 2 aromatic rings. The molecular formula is C21H29FN6O2. The second-order valence-corrected chi connectivity index (χ2v) is 8.01. The maximum absolute atomic E-state index is 14.2. The molecule has 2 fully saturated rings. The van der Waals surface area contributed by atoms with E-state index in [1.54, 1.807) is 13.1 Å². The van der Waals surface area contributed by atoms with Crippen LogP contribution in [0.3, 0.4) is 0 Å². The zero-order chi connectivity index (χ0) is 21.1. The summed E-state index contributed by atoms with van der Waals surface area (Å²) in [6, 6.07) is 3.44. The highest BCUT2D eigenvalue weighted by Gasteiger charge is 2.28. The minimum absolute atomic E-state index is 0.201. The lowest BCUT2D eigenvalue weighted by molar-refractivity contribution is 0.0745. The number of rotatable bonds is 5. The van der Waals surface area contributed by atoms with Crippen molar-refractivity contribution in [2.45, 2.75) is 18.9 Å². The number of hydrogen-bond donors (Lipinski definition) is 1. The Kier molecular flexibility index (Phi) is 6.40. The van der Waals surface area contributed by atoms with Crippen LogP contribution in [0, 0.1) is 5.82 Å². The van der Waals surface area contributed by atoms with Crippen molar-refractivity contribution >= 4 is 5.95 Å². The molecule has 4 rings (SSSR count). The molecule has 0 saturated carbocycles. The van der Waals surface area contributed by atoms with E-state index in [9.17, 15) is 9.18 Å². The number of nitrogens with zero attached hydrogens (tertiary/aromatic N) is 6. The summed E-state index contributed by atoms with van der Waals surface area (Å²) in [6.45, 7) is 6.63. The first-order valence-corrected chi connectivity index (χ1v) is 10.6. The number of hydrogen-bond acceptors (Lipinski definition) is 7. The third-order valence-corrected chi connectivity index (χ3v) is 6.25. The molecule has 8 nitrogen and oxygen atoms in total. The highest BCUT2D eigenvalue weighted by Crippen LogP contribution is 2.24. The average molecular weight is 417 g/mol. The molecule has 4 heterocycles. The van der Waals surface area contributed by atoms with Gasteiger partial charge in [0.25, 0.3) is 5.56 Å². The molecule has 0 aromatic carbocycles. The van der Waals surface area contributed by atoms with Gasteiger partial charge in [0.1, 0.15) is 0 Å². The van der Waals surface area contributed by atoms with Crippen molar-refractivity contribution in [1.82, 2.24) is 24.3 Å². The number of anilines is 1. The van der Waals surface area contributed by atoms with Crippen LogP contribution < -0.4 is 10.5 Å². The van der Waals surface area contributed by atoms with Gasteiger partial charge < -0.3 is 10.0 Å². The standard InChI is InChI=1S/C21H29FN6O2/c1-25-20(30)14-19(17-2-5-23-15-18(17)22)24-21(25)28-6-3-16(4-7-28)27-10-8-26(9-11-27)12-13-29/h2,5,14-16,29H,3-4,6-13H2,1H3. The third-order valence-electron chi connectivity index (χ3n) is 6.25. The predicted octanol–water partition coefficient (Wildman–Crippen LogP) is 0.560. The fourth-order valence-electron chi connectivity index (χ4n) is 4.46. The Hall–Kier alpha value is -2.36. The van der Waals surface area contributed by atoms with Gasteiger partial charge in [0.15, 0.2) is 5.82 Å². The lowest BCUT2D eigenvalue weighted by Gasteiger charge is -2.43. The van der Waals surface area contributed by atoms with E-state index in [0.717, 1.165) is 64.9 Å². The molecule has 2 aromatic heterocycles. The van der Waals surface area contributed by atoms with Crippen LogP contribution in [-0.4, -0.2) is 87.9 Å². The average Bonchev–Trinajstić information content (AvgIpc) is 2.77. The topological polar surface area (TPSA) is 77.7 Å². The van der Waals surface area contributed by atoms with Crippen molar-refractivity contribution in [3.63, 3.8) is 0 Å². The van der Waals surface area contributed by atoms with Gasteiger partial charge in [-0.25, -0.2) is 9.37 Å². The van der Waals surface area contributed by atoms with Gasteiger partial charge in [-0.2, -0.15) is 0 Å². The van der Waals surface area contributed by atoms with Crippen LogP contribution in [0.2, 0.25) is 0 Å². The van der Waals surface area contributed by atoms with Crippen LogP contribution in [0.15, 0.2) is 29.3 Å². The minimum Gasteiger partial charge on any atom is -0.395 e. The molecule has 1 N–H and O–H groups in total. The van der Waals surface area contributed by atoms with Crippen LogP contribution in [-0.2, 0) is 7.05 Å². The number of piperidine rings is 1. The molecule has 0 unspecified atom stereocenters. The molecule has 0 amide bonds. The van der Waals surface area contributed by atoms with Crippen molar-refractivity contribution in [1.29, 1.82) is 0 Å². The Balaban J connectivity index is 1.45. The smallest absolute Gasteiger partial charge is 0.255 e. The van der Waals surface area contributed by atoms with Crippen molar-refractivity contribution in [2.75, 3.05) is 57.3 Å². The van der Waals surface area contributed by atoms with Crippen molar-refractivity contribution < 1.29 is 9.50 Å². The van der Waals surface area contributed by atoms with Crippen LogP contribution in [0.25, 0.3) is 11.3 Å². The van der Waals surface area contributed by atoms with E-state index in [4.69, 9.17) is 5.11 Å². The SMILES string of the molecule is Cn1c(N2CCC(N3CCN(CCO)CC3)CC2)nc(-c2ccncc2F)cc1=O. The molecule has 2 aliphatic rings. The van der Waals surface area contributed by atoms with Crippen molar-refractivity contribution in [3.05, 3.63) is 40.7 Å². The second-order valence-electron chi connectivity index (χ2n) is 8.01. The Morgan fingerprint density at radius 2 is 1.90 bits per heavy atom. The molecule has 0 spiro atoms. The summed E-state index contributed by atoms with van der Waals surface area (Å²) >= 11 is 0.